The quantitative estimate of drug-likeness (QED) is 0.835. The molecular formula is C10H12N4OS. The van der Waals surface area contributed by atoms with Crippen LogP contribution in [0.2, 0.25) is 0 Å². The minimum absolute atomic E-state index is 0.00792. The predicted octanol–water partition coefficient (Wildman–Crippen LogP) is 1.13. The highest BCUT2D eigenvalue weighted by Crippen LogP contribution is 2.27. The summed E-state index contributed by atoms with van der Waals surface area (Å²) < 4.78 is 1.52. The molecular weight excluding hydrogens is 224 g/mol. The molecule has 1 atom stereocenters. The summed E-state index contributed by atoms with van der Waals surface area (Å²) in [6, 6.07) is 2.01. The number of rotatable bonds is 2. The third-order valence-corrected chi connectivity index (χ3v) is 3.79. The molecule has 2 rings (SSSR count). The zero-order valence-electron chi connectivity index (χ0n) is 8.93. The second-order valence-corrected chi connectivity index (χ2v) is 4.98. The Balaban J connectivity index is 2.08. The number of thioether (sulfide) groups is 1. The van der Waals surface area contributed by atoms with Gasteiger partial charge in [-0.25, -0.2) is 0 Å². The van der Waals surface area contributed by atoms with E-state index >= 15 is 0 Å². The topological polar surface area (TPSA) is 70.7 Å². The number of carbonyl (C=O) groups is 1. The van der Waals surface area contributed by atoms with Crippen molar-refractivity contribution in [2.45, 2.75) is 18.1 Å². The van der Waals surface area contributed by atoms with E-state index in [0.29, 0.717) is 11.4 Å². The fraction of sp³-hybridized carbons (Fsp3) is 0.500. The van der Waals surface area contributed by atoms with Crippen LogP contribution in [0.25, 0.3) is 0 Å². The lowest BCUT2D eigenvalue weighted by Gasteiger charge is -2.07. The van der Waals surface area contributed by atoms with Crippen LogP contribution in [-0.2, 0) is 11.8 Å². The van der Waals surface area contributed by atoms with Crippen molar-refractivity contribution >= 4 is 23.5 Å². The van der Waals surface area contributed by atoms with Crippen molar-refractivity contribution in [3.8, 4) is 6.07 Å². The fourth-order valence-electron chi connectivity index (χ4n) is 1.64. The first-order valence-electron chi connectivity index (χ1n) is 5.07. The molecule has 2 heterocycles. The van der Waals surface area contributed by atoms with Gasteiger partial charge in [0.15, 0.2) is 5.82 Å². The largest absolute Gasteiger partial charge is 0.307 e. The second-order valence-electron chi connectivity index (χ2n) is 3.67. The lowest BCUT2D eigenvalue weighted by atomic mass is 10.2. The number of aryl methyl sites for hydroxylation is 1. The third-order valence-electron chi connectivity index (χ3n) is 2.41. The molecule has 0 bridgehead atoms. The summed E-state index contributed by atoms with van der Waals surface area (Å²) in [7, 11) is 1.72. The van der Waals surface area contributed by atoms with Crippen molar-refractivity contribution < 1.29 is 4.79 Å². The predicted molar refractivity (Wildman–Crippen MR) is 62.0 cm³/mol. The molecule has 1 amide bonds. The number of aromatic nitrogens is 2. The summed E-state index contributed by atoms with van der Waals surface area (Å²) in [5.74, 6) is 1.35. The highest BCUT2D eigenvalue weighted by atomic mass is 32.2. The molecule has 0 radical (unpaired) electrons. The lowest BCUT2D eigenvalue weighted by molar-refractivity contribution is -0.115. The molecule has 1 fully saturated rings. The van der Waals surface area contributed by atoms with Crippen molar-refractivity contribution in [3.05, 3.63) is 11.8 Å². The van der Waals surface area contributed by atoms with Crippen LogP contribution >= 0.6 is 11.8 Å². The monoisotopic (exact) mass is 236 g/mol. The molecule has 1 saturated heterocycles. The van der Waals surface area contributed by atoms with Crippen LogP contribution in [0.3, 0.4) is 0 Å². The maximum absolute atomic E-state index is 11.8. The molecule has 1 N–H and O–H groups in total. The maximum atomic E-state index is 11.8. The first kappa shape index (κ1) is 11.0. The van der Waals surface area contributed by atoms with Gasteiger partial charge in [0, 0.05) is 13.2 Å². The summed E-state index contributed by atoms with van der Waals surface area (Å²) in [5.41, 5.74) is 0.402. The summed E-state index contributed by atoms with van der Waals surface area (Å²) in [6.45, 7) is 0. The Labute approximate surface area is 97.8 Å². The van der Waals surface area contributed by atoms with Gasteiger partial charge < -0.3 is 5.32 Å². The standard InChI is InChI=1S/C10H12N4OS/c1-14-6-7(5-11)9(13-14)12-10(15)8-3-2-4-16-8/h6,8H,2-4H2,1H3,(H,12,13,15). The van der Waals surface area contributed by atoms with Crippen molar-refractivity contribution in [1.29, 1.82) is 5.26 Å². The van der Waals surface area contributed by atoms with Gasteiger partial charge in [-0.05, 0) is 18.6 Å². The molecule has 0 saturated carbocycles. The van der Waals surface area contributed by atoms with Gasteiger partial charge in [0.25, 0.3) is 0 Å². The molecule has 1 aromatic heterocycles. The van der Waals surface area contributed by atoms with Gasteiger partial charge in [-0.15, -0.1) is 11.8 Å². The Morgan fingerprint density at radius 3 is 3.25 bits per heavy atom. The molecule has 0 aromatic carbocycles. The van der Waals surface area contributed by atoms with E-state index in [2.05, 4.69) is 10.4 Å². The van der Waals surface area contributed by atoms with E-state index in [1.807, 2.05) is 6.07 Å². The smallest absolute Gasteiger partial charge is 0.238 e. The van der Waals surface area contributed by atoms with Gasteiger partial charge >= 0.3 is 0 Å². The second kappa shape index (κ2) is 4.58. The summed E-state index contributed by atoms with van der Waals surface area (Å²) in [6.07, 6.45) is 3.58. The van der Waals surface area contributed by atoms with Gasteiger partial charge in [0.05, 0.1) is 5.25 Å². The number of nitriles is 1. The van der Waals surface area contributed by atoms with E-state index in [9.17, 15) is 4.79 Å². The Morgan fingerprint density at radius 1 is 1.81 bits per heavy atom. The van der Waals surface area contributed by atoms with Crippen LogP contribution < -0.4 is 5.32 Å². The number of hydrogen-bond acceptors (Lipinski definition) is 4. The van der Waals surface area contributed by atoms with Crippen molar-refractivity contribution in [1.82, 2.24) is 9.78 Å². The number of carbonyl (C=O) groups excluding carboxylic acids is 1. The molecule has 84 valence electrons. The zero-order valence-corrected chi connectivity index (χ0v) is 9.75. The molecule has 16 heavy (non-hydrogen) atoms. The Bertz CT molecular complexity index is 442. The molecule has 0 aliphatic carbocycles. The highest BCUT2D eigenvalue weighted by molar-refractivity contribution is 8.00. The highest BCUT2D eigenvalue weighted by Gasteiger charge is 2.24. The van der Waals surface area contributed by atoms with Crippen LogP contribution in [0.15, 0.2) is 6.20 Å². The molecule has 1 aromatic rings. The number of nitrogens with zero attached hydrogens (tertiary/aromatic N) is 3. The van der Waals surface area contributed by atoms with E-state index in [0.717, 1.165) is 18.6 Å². The van der Waals surface area contributed by atoms with Gasteiger partial charge in [-0.1, -0.05) is 0 Å². The van der Waals surface area contributed by atoms with E-state index in [1.54, 1.807) is 25.0 Å². The van der Waals surface area contributed by atoms with Crippen molar-refractivity contribution in [2.24, 2.45) is 7.05 Å². The SMILES string of the molecule is Cn1cc(C#N)c(NC(=O)C2CCCS2)n1. The minimum atomic E-state index is -0.0438. The number of nitrogens with one attached hydrogen (secondary N) is 1. The van der Waals surface area contributed by atoms with Crippen LogP contribution in [0.1, 0.15) is 18.4 Å². The Kier molecular flexibility index (Phi) is 3.15. The number of hydrogen-bond donors (Lipinski definition) is 1. The van der Waals surface area contributed by atoms with Crippen LogP contribution in [0.4, 0.5) is 5.82 Å². The summed E-state index contributed by atoms with van der Waals surface area (Å²) >= 11 is 1.66. The van der Waals surface area contributed by atoms with Gasteiger partial charge in [0.1, 0.15) is 11.6 Å². The van der Waals surface area contributed by atoms with Gasteiger partial charge in [-0.2, -0.15) is 10.4 Å². The van der Waals surface area contributed by atoms with Crippen LogP contribution in [0, 0.1) is 11.3 Å². The van der Waals surface area contributed by atoms with Crippen LogP contribution in [-0.4, -0.2) is 26.7 Å². The Morgan fingerprint density at radius 2 is 2.62 bits per heavy atom. The first-order valence-corrected chi connectivity index (χ1v) is 6.12. The zero-order chi connectivity index (χ0) is 11.5. The molecule has 6 heteroatoms. The normalized spacial score (nSPS) is 19.4. The average molecular weight is 236 g/mol. The number of anilines is 1. The summed E-state index contributed by atoms with van der Waals surface area (Å²) in [4.78, 5) is 11.8. The molecule has 1 unspecified atom stereocenters. The number of amides is 1. The average Bonchev–Trinajstić information content (AvgIpc) is 2.87. The van der Waals surface area contributed by atoms with E-state index < -0.39 is 0 Å². The molecule has 1 aliphatic rings. The molecule has 5 nitrogen and oxygen atoms in total. The Hall–Kier alpha value is -1.48. The van der Waals surface area contributed by atoms with E-state index in [1.165, 1.54) is 4.68 Å². The lowest BCUT2D eigenvalue weighted by Crippen LogP contribution is -2.23. The van der Waals surface area contributed by atoms with Crippen molar-refractivity contribution in [2.75, 3.05) is 11.1 Å². The van der Waals surface area contributed by atoms with Gasteiger partial charge in [-0.3, -0.25) is 9.48 Å². The minimum Gasteiger partial charge on any atom is -0.307 e. The van der Waals surface area contributed by atoms with E-state index in [-0.39, 0.29) is 11.2 Å². The molecule has 0 spiro atoms. The first-order chi connectivity index (χ1) is 7.70. The van der Waals surface area contributed by atoms with Gasteiger partial charge in [0.2, 0.25) is 5.91 Å². The summed E-state index contributed by atoms with van der Waals surface area (Å²) in [5, 5.41) is 15.6. The maximum Gasteiger partial charge on any atom is 0.238 e. The van der Waals surface area contributed by atoms with E-state index in [4.69, 9.17) is 5.26 Å². The third kappa shape index (κ3) is 2.19. The van der Waals surface area contributed by atoms with Crippen molar-refractivity contribution in [3.63, 3.8) is 0 Å². The van der Waals surface area contributed by atoms with Crippen LogP contribution in [0.5, 0.6) is 0 Å². The molecule has 1 aliphatic heterocycles. The fourth-order valence-corrected chi connectivity index (χ4v) is 2.81.